The number of methoxy groups -OCH3 is 2. The molecule has 0 radical (unpaired) electrons. The summed E-state index contributed by atoms with van der Waals surface area (Å²) in [4.78, 5) is 13.3. The molecule has 1 fully saturated rings. The molecule has 2 aromatic rings. The monoisotopic (exact) mass is 618 g/mol. The number of phenolic OH excluding ortho intramolecular Hbond substituents is 1. The standard InChI is InChI=1S/C30H42N4O8S/c1-38-24-12-18(13-25(39-2)29(24)35)26-19-14-22-23(42-17-41-22)15-20(19)28(21-16-40-30(36)27(21)26)34-43(37)11-10-33-9-5-8-32-7-4-3-6-31/h12-15,21,26-28,32-35H,3-11,16-17,31H2,1-2H3/t21?,26-,27+,28?,43?/m1/s1. The Morgan fingerprint density at radius 3 is 2.26 bits per heavy atom. The second-order valence-corrected chi connectivity index (χ2v) is 12.2. The predicted molar refractivity (Wildman–Crippen MR) is 161 cm³/mol. The van der Waals surface area contributed by atoms with Gasteiger partial charge in [-0.3, -0.25) is 4.79 Å². The van der Waals surface area contributed by atoms with Gasteiger partial charge in [-0.15, -0.1) is 0 Å². The molecule has 12 nitrogen and oxygen atoms in total. The summed E-state index contributed by atoms with van der Waals surface area (Å²) in [6.07, 6.45) is 3.09. The number of aromatic hydroxyl groups is 1. The number of hydrogen-bond donors (Lipinski definition) is 5. The van der Waals surface area contributed by atoms with Crippen molar-refractivity contribution < 1.29 is 37.8 Å². The zero-order valence-electron chi connectivity index (χ0n) is 24.7. The van der Waals surface area contributed by atoms with Crippen LogP contribution in [0, 0.1) is 11.8 Å². The van der Waals surface area contributed by atoms with Crippen LogP contribution in [0.3, 0.4) is 0 Å². The number of carbonyl (C=O) groups is 1. The van der Waals surface area contributed by atoms with Gasteiger partial charge in [0.2, 0.25) is 12.5 Å². The van der Waals surface area contributed by atoms with Gasteiger partial charge in [0.1, 0.15) is 0 Å². The predicted octanol–water partition coefficient (Wildman–Crippen LogP) is 1.68. The summed E-state index contributed by atoms with van der Waals surface area (Å²) in [5.74, 6) is 0.264. The summed E-state index contributed by atoms with van der Waals surface area (Å²) in [6.45, 7) is 4.31. The molecule has 6 N–H and O–H groups in total. The average molecular weight is 619 g/mol. The zero-order chi connectivity index (χ0) is 30.3. The minimum atomic E-state index is -1.38. The highest BCUT2D eigenvalue weighted by atomic mass is 32.2. The highest BCUT2D eigenvalue weighted by molar-refractivity contribution is 7.83. The molecular weight excluding hydrogens is 576 g/mol. The molecule has 2 aliphatic heterocycles. The maximum Gasteiger partial charge on any atom is 0.310 e. The molecule has 2 heterocycles. The molecule has 13 heteroatoms. The molecule has 0 aromatic heterocycles. The van der Waals surface area contributed by atoms with Crippen molar-refractivity contribution in [2.45, 2.75) is 31.2 Å². The van der Waals surface area contributed by atoms with Crippen molar-refractivity contribution >= 4 is 17.0 Å². The van der Waals surface area contributed by atoms with Gasteiger partial charge in [0.25, 0.3) is 0 Å². The summed E-state index contributed by atoms with van der Waals surface area (Å²) >= 11 is 0. The number of rotatable bonds is 16. The third kappa shape index (κ3) is 6.86. The molecule has 5 atom stereocenters. The van der Waals surface area contributed by atoms with Crippen molar-refractivity contribution in [1.29, 1.82) is 0 Å². The van der Waals surface area contributed by atoms with Gasteiger partial charge in [-0.25, -0.2) is 8.93 Å². The van der Waals surface area contributed by atoms with E-state index in [9.17, 15) is 14.1 Å². The number of unbranched alkanes of at least 4 members (excludes halogenated alkanes) is 1. The number of cyclic esters (lactones) is 1. The van der Waals surface area contributed by atoms with Crippen LogP contribution in [0.2, 0.25) is 0 Å². The fourth-order valence-electron chi connectivity index (χ4n) is 6.16. The highest BCUT2D eigenvalue weighted by Crippen LogP contribution is 2.55. The van der Waals surface area contributed by atoms with E-state index in [1.165, 1.54) is 14.2 Å². The Labute approximate surface area is 254 Å². The van der Waals surface area contributed by atoms with E-state index in [1.807, 2.05) is 12.1 Å². The van der Waals surface area contributed by atoms with Crippen LogP contribution in [-0.4, -0.2) is 81.4 Å². The minimum Gasteiger partial charge on any atom is -0.502 e. The van der Waals surface area contributed by atoms with Gasteiger partial charge >= 0.3 is 5.97 Å². The lowest BCUT2D eigenvalue weighted by Gasteiger charge is -2.39. The van der Waals surface area contributed by atoms with Crippen LogP contribution in [-0.2, 0) is 20.5 Å². The van der Waals surface area contributed by atoms with Crippen LogP contribution in [0.15, 0.2) is 24.3 Å². The molecule has 0 amide bonds. The van der Waals surface area contributed by atoms with E-state index in [4.69, 9.17) is 29.4 Å². The molecular formula is C30H42N4O8S. The first-order chi connectivity index (χ1) is 21.0. The fraction of sp³-hybridized carbons (Fsp3) is 0.567. The number of nitrogens with one attached hydrogen (secondary N) is 3. The van der Waals surface area contributed by atoms with E-state index in [2.05, 4.69) is 15.4 Å². The van der Waals surface area contributed by atoms with E-state index < -0.39 is 28.9 Å². The topological polar surface area (TPSA) is 163 Å². The van der Waals surface area contributed by atoms with E-state index in [-0.39, 0.29) is 42.5 Å². The molecule has 5 rings (SSSR count). The van der Waals surface area contributed by atoms with Gasteiger partial charge in [0.15, 0.2) is 23.0 Å². The van der Waals surface area contributed by atoms with Gasteiger partial charge in [0.05, 0.1) is 49.5 Å². The van der Waals surface area contributed by atoms with Gasteiger partial charge in [-0.05, 0) is 86.4 Å². The largest absolute Gasteiger partial charge is 0.502 e. The lowest BCUT2D eigenvalue weighted by atomic mass is 9.65. The Kier molecular flexibility index (Phi) is 10.6. The number of carbonyl (C=O) groups excluding carboxylic acids is 1. The Morgan fingerprint density at radius 1 is 0.930 bits per heavy atom. The normalized spacial score (nSPS) is 22.5. The van der Waals surface area contributed by atoms with Crippen molar-refractivity contribution in [2.75, 3.05) is 66.1 Å². The molecule has 3 unspecified atom stereocenters. The van der Waals surface area contributed by atoms with Crippen molar-refractivity contribution in [3.63, 3.8) is 0 Å². The molecule has 0 bridgehead atoms. The van der Waals surface area contributed by atoms with Crippen LogP contribution < -0.4 is 40.0 Å². The molecule has 0 spiro atoms. The van der Waals surface area contributed by atoms with Crippen molar-refractivity contribution in [2.24, 2.45) is 17.6 Å². The molecule has 1 saturated heterocycles. The third-order valence-corrected chi connectivity index (χ3v) is 9.38. The quantitative estimate of drug-likeness (QED) is 0.137. The zero-order valence-corrected chi connectivity index (χ0v) is 25.5. The van der Waals surface area contributed by atoms with Crippen LogP contribution >= 0.6 is 0 Å². The third-order valence-electron chi connectivity index (χ3n) is 8.29. The van der Waals surface area contributed by atoms with Gasteiger partial charge in [-0.2, -0.15) is 0 Å². The number of hydrogen-bond acceptors (Lipinski definition) is 11. The van der Waals surface area contributed by atoms with E-state index >= 15 is 0 Å². The molecule has 0 saturated carbocycles. The second kappa shape index (κ2) is 14.6. The van der Waals surface area contributed by atoms with Crippen LogP contribution in [0.4, 0.5) is 0 Å². The van der Waals surface area contributed by atoms with Gasteiger partial charge < -0.3 is 45.2 Å². The molecule has 2 aromatic carbocycles. The Hall–Kier alpha value is -3.10. The summed E-state index contributed by atoms with van der Waals surface area (Å²) in [6, 6.07) is 6.81. The fourth-order valence-corrected chi connectivity index (χ4v) is 7.19. The number of fused-ring (bicyclic) bond motifs is 3. The van der Waals surface area contributed by atoms with Gasteiger partial charge in [-0.1, -0.05) is 0 Å². The SMILES string of the molecule is COc1cc([C@@H]2c3cc4c(cc3C(NS(=O)CCNCCCNCCCCN)C3COC(=O)[C@@H]32)OCO4)cc(OC)c1O. The maximum absolute atomic E-state index is 13.3. The van der Waals surface area contributed by atoms with E-state index in [0.29, 0.717) is 23.8 Å². The summed E-state index contributed by atoms with van der Waals surface area (Å²) < 4.78 is 44.5. The summed E-state index contributed by atoms with van der Waals surface area (Å²) in [5, 5.41) is 17.3. The Morgan fingerprint density at radius 2 is 1.58 bits per heavy atom. The second-order valence-electron chi connectivity index (χ2n) is 10.9. The number of benzene rings is 2. The first-order valence-corrected chi connectivity index (χ1v) is 16.1. The Balaban J connectivity index is 1.34. The highest BCUT2D eigenvalue weighted by Gasteiger charge is 2.53. The average Bonchev–Trinajstić information content (AvgIpc) is 3.63. The first kappa shape index (κ1) is 31.3. The van der Waals surface area contributed by atoms with Crippen molar-refractivity contribution in [3.8, 4) is 28.7 Å². The lowest BCUT2D eigenvalue weighted by Crippen LogP contribution is -2.42. The summed E-state index contributed by atoms with van der Waals surface area (Å²) in [7, 11) is 1.55. The van der Waals surface area contributed by atoms with Gasteiger partial charge in [0, 0.05) is 18.4 Å². The smallest absolute Gasteiger partial charge is 0.310 e. The van der Waals surface area contributed by atoms with Crippen LogP contribution in [0.5, 0.6) is 28.7 Å². The number of phenols is 1. The van der Waals surface area contributed by atoms with Crippen LogP contribution in [0.1, 0.15) is 47.9 Å². The number of esters is 1. The Bertz CT molecular complexity index is 1290. The van der Waals surface area contributed by atoms with Crippen molar-refractivity contribution in [3.05, 3.63) is 41.0 Å². The number of ether oxygens (including phenoxy) is 5. The van der Waals surface area contributed by atoms with E-state index in [1.54, 1.807) is 12.1 Å². The van der Waals surface area contributed by atoms with E-state index in [0.717, 1.165) is 62.1 Å². The minimum absolute atomic E-state index is 0.0948. The van der Waals surface area contributed by atoms with Crippen molar-refractivity contribution in [1.82, 2.24) is 15.4 Å². The molecule has 43 heavy (non-hydrogen) atoms. The molecule has 3 aliphatic rings. The summed E-state index contributed by atoms with van der Waals surface area (Å²) in [5.41, 5.74) is 7.93. The lowest BCUT2D eigenvalue weighted by molar-refractivity contribution is -0.141. The molecule has 1 aliphatic carbocycles. The van der Waals surface area contributed by atoms with Crippen LogP contribution in [0.25, 0.3) is 0 Å². The number of nitrogens with two attached hydrogens (primary N) is 1. The first-order valence-electron chi connectivity index (χ1n) is 14.8. The molecule has 236 valence electrons. The maximum atomic E-state index is 13.3.